The fourth-order valence-corrected chi connectivity index (χ4v) is 6.89. The molecule has 0 aromatic carbocycles. The predicted molar refractivity (Wildman–Crippen MR) is 137 cm³/mol. The second-order valence-electron chi connectivity index (χ2n) is 12.1. The maximum absolute atomic E-state index is 13.6. The average molecular weight is 500 g/mol. The van der Waals surface area contributed by atoms with Gasteiger partial charge in [0.2, 0.25) is 5.91 Å². The van der Waals surface area contributed by atoms with Crippen molar-refractivity contribution in [3.8, 4) is 0 Å². The molecule has 0 radical (unpaired) electrons. The Bertz CT molecular complexity index is 1030. The molecule has 5 unspecified atom stereocenters. The van der Waals surface area contributed by atoms with Gasteiger partial charge in [0, 0.05) is 19.2 Å². The van der Waals surface area contributed by atoms with Crippen LogP contribution in [-0.4, -0.2) is 45.4 Å². The Morgan fingerprint density at radius 1 is 1.19 bits per heavy atom. The highest BCUT2D eigenvalue weighted by atomic mass is 16.6. The van der Waals surface area contributed by atoms with E-state index in [2.05, 4.69) is 29.6 Å². The number of nitrogens with zero attached hydrogens (tertiary/aromatic N) is 2. The molecule has 0 aliphatic heterocycles. The van der Waals surface area contributed by atoms with Crippen LogP contribution in [0.1, 0.15) is 82.8 Å². The Morgan fingerprint density at radius 2 is 1.92 bits per heavy atom. The lowest BCUT2D eigenvalue weighted by atomic mass is 9.79. The van der Waals surface area contributed by atoms with Crippen LogP contribution < -0.4 is 16.4 Å². The van der Waals surface area contributed by atoms with Crippen LogP contribution in [0.5, 0.6) is 0 Å². The Kier molecular flexibility index (Phi) is 7.48. The second-order valence-corrected chi connectivity index (χ2v) is 12.1. The molecule has 3 aliphatic carbocycles. The standard InChI is InChI=1S/C27H41N5O4/c1-15(2)8-23-22(14-29-32(23)7-6-27(4,5)31-16(3)33)25(34)30-24-19-10-17-9-18(12-19)21(24)13-20(11-17)36-26(28)35/h6-7,14-15,17-21,24H,8-13H2,1-5H3,(H2,28,35)(H,30,34)(H,31,33)/b7-6+/t17?,18?,19?,20?,21?,24-/m1/s1. The number of rotatable bonds is 8. The van der Waals surface area contributed by atoms with Crippen LogP contribution in [0.4, 0.5) is 4.79 Å². The topological polar surface area (TPSA) is 128 Å². The zero-order valence-corrected chi connectivity index (χ0v) is 22.1. The molecule has 3 aliphatic rings. The number of aromatic nitrogens is 2. The molecule has 3 amide bonds. The summed E-state index contributed by atoms with van der Waals surface area (Å²) >= 11 is 0. The number of nitrogens with one attached hydrogen (secondary N) is 2. The molecular formula is C27H41N5O4. The predicted octanol–water partition coefficient (Wildman–Crippen LogP) is 3.49. The molecule has 1 aromatic heterocycles. The Balaban J connectivity index is 1.54. The van der Waals surface area contributed by atoms with Gasteiger partial charge in [-0.3, -0.25) is 9.59 Å². The fourth-order valence-electron chi connectivity index (χ4n) is 6.89. The van der Waals surface area contributed by atoms with Crippen LogP contribution in [0.25, 0.3) is 6.20 Å². The van der Waals surface area contributed by atoms with Crippen molar-refractivity contribution in [2.24, 2.45) is 35.3 Å². The summed E-state index contributed by atoms with van der Waals surface area (Å²) in [5, 5.41) is 10.8. The Labute approximate surface area is 213 Å². The van der Waals surface area contributed by atoms with E-state index in [0.29, 0.717) is 35.7 Å². The van der Waals surface area contributed by atoms with Crippen LogP contribution in [-0.2, 0) is 16.0 Å². The first-order valence-corrected chi connectivity index (χ1v) is 13.2. The number of fused-ring (bicyclic) bond motifs is 2. The third-order valence-electron chi connectivity index (χ3n) is 8.04. The summed E-state index contributed by atoms with van der Waals surface area (Å²) < 4.78 is 7.18. The minimum Gasteiger partial charge on any atom is -0.446 e. The highest BCUT2D eigenvalue weighted by Crippen LogP contribution is 2.54. The quantitative estimate of drug-likeness (QED) is 0.504. The third-order valence-corrected chi connectivity index (χ3v) is 8.04. The van der Waals surface area contributed by atoms with E-state index in [1.807, 2.05) is 26.1 Å². The number of nitrogens with two attached hydrogens (primary N) is 1. The van der Waals surface area contributed by atoms with Gasteiger partial charge in [0.1, 0.15) is 6.10 Å². The van der Waals surface area contributed by atoms with Gasteiger partial charge in [-0.1, -0.05) is 13.8 Å². The molecule has 1 aromatic rings. The zero-order chi connectivity index (χ0) is 26.2. The van der Waals surface area contributed by atoms with Crippen molar-refractivity contribution in [2.45, 2.75) is 90.8 Å². The van der Waals surface area contributed by atoms with Gasteiger partial charge < -0.3 is 21.1 Å². The van der Waals surface area contributed by atoms with E-state index in [0.717, 1.165) is 37.8 Å². The lowest BCUT2D eigenvalue weighted by Gasteiger charge is -2.32. The first-order chi connectivity index (χ1) is 16.9. The molecule has 9 nitrogen and oxygen atoms in total. The van der Waals surface area contributed by atoms with E-state index in [-0.39, 0.29) is 29.9 Å². The minimum atomic E-state index is -0.714. The molecule has 1 heterocycles. The summed E-state index contributed by atoms with van der Waals surface area (Å²) in [6.45, 7) is 9.55. The summed E-state index contributed by atoms with van der Waals surface area (Å²) in [7, 11) is 0. The number of carbonyl (C=O) groups is 3. The Morgan fingerprint density at radius 3 is 2.58 bits per heavy atom. The summed E-state index contributed by atoms with van der Waals surface area (Å²) in [5.74, 6) is 1.94. The lowest BCUT2D eigenvalue weighted by Crippen LogP contribution is -2.44. The van der Waals surface area contributed by atoms with Gasteiger partial charge in [-0.2, -0.15) is 5.10 Å². The highest BCUT2D eigenvalue weighted by Gasteiger charge is 2.52. The molecular weight excluding hydrogens is 458 g/mol. The molecule has 4 N–H and O–H groups in total. The normalized spacial score (nSPS) is 29.4. The first kappa shape index (κ1) is 26.2. The van der Waals surface area contributed by atoms with Crippen molar-refractivity contribution in [2.75, 3.05) is 0 Å². The summed E-state index contributed by atoms with van der Waals surface area (Å²) in [6, 6.07) is 0.0660. The molecule has 9 heteroatoms. The van der Waals surface area contributed by atoms with Crippen LogP contribution in [0.15, 0.2) is 12.3 Å². The minimum absolute atomic E-state index is 0.0660. The fraction of sp³-hybridized carbons (Fsp3) is 0.704. The van der Waals surface area contributed by atoms with E-state index >= 15 is 0 Å². The van der Waals surface area contributed by atoms with Crippen molar-refractivity contribution in [3.63, 3.8) is 0 Å². The van der Waals surface area contributed by atoms with Crippen LogP contribution in [0, 0.1) is 29.6 Å². The van der Waals surface area contributed by atoms with Crippen molar-refractivity contribution < 1.29 is 19.1 Å². The average Bonchev–Trinajstić information content (AvgIpc) is 3.19. The van der Waals surface area contributed by atoms with Crippen molar-refractivity contribution in [1.82, 2.24) is 20.4 Å². The van der Waals surface area contributed by atoms with Gasteiger partial charge in [0.05, 0.1) is 23.0 Å². The molecule has 0 spiro atoms. The van der Waals surface area contributed by atoms with E-state index < -0.39 is 11.6 Å². The molecule has 3 bridgehead atoms. The van der Waals surface area contributed by atoms with Crippen molar-refractivity contribution >= 4 is 24.1 Å². The van der Waals surface area contributed by atoms with Crippen molar-refractivity contribution in [3.05, 3.63) is 23.5 Å². The number of hydrogen-bond acceptors (Lipinski definition) is 5. The lowest BCUT2D eigenvalue weighted by molar-refractivity contribution is -0.120. The van der Waals surface area contributed by atoms with E-state index in [9.17, 15) is 14.4 Å². The van der Waals surface area contributed by atoms with Crippen LogP contribution in [0.3, 0.4) is 0 Å². The third kappa shape index (κ3) is 5.93. The molecule has 3 fully saturated rings. The molecule has 36 heavy (non-hydrogen) atoms. The maximum atomic E-state index is 13.6. The largest absolute Gasteiger partial charge is 0.446 e. The zero-order valence-electron chi connectivity index (χ0n) is 22.1. The monoisotopic (exact) mass is 499 g/mol. The summed E-state index contributed by atoms with van der Waals surface area (Å²) in [6.07, 6.45) is 10.1. The van der Waals surface area contributed by atoms with Gasteiger partial charge in [0.25, 0.3) is 5.91 Å². The number of amides is 3. The smallest absolute Gasteiger partial charge is 0.404 e. The van der Waals surface area contributed by atoms with E-state index in [4.69, 9.17) is 10.5 Å². The van der Waals surface area contributed by atoms with Gasteiger partial charge in [-0.25, -0.2) is 9.48 Å². The molecule has 4 rings (SSSR count). The molecule has 198 valence electrons. The number of ether oxygens (including phenoxy) is 1. The van der Waals surface area contributed by atoms with Gasteiger partial charge in [0.15, 0.2) is 0 Å². The van der Waals surface area contributed by atoms with E-state index in [1.165, 1.54) is 6.92 Å². The van der Waals surface area contributed by atoms with Crippen LogP contribution in [0.2, 0.25) is 0 Å². The van der Waals surface area contributed by atoms with E-state index in [1.54, 1.807) is 10.9 Å². The summed E-state index contributed by atoms with van der Waals surface area (Å²) in [4.78, 5) is 36.6. The molecule has 6 atom stereocenters. The molecule has 3 saturated carbocycles. The first-order valence-electron chi connectivity index (χ1n) is 13.2. The highest BCUT2D eigenvalue weighted by molar-refractivity contribution is 5.95. The van der Waals surface area contributed by atoms with Gasteiger partial charge in [-0.05, 0) is 88.0 Å². The number of hydrogen-bond donors (Lipinski definition) is 3. The SMILES string of the molecule is CC(=O)NC(C)(C)/C=C/n1ncc(C(=O)N[C@@H]2C3CC4CC(OC(N)=O)CC2C(C4)C3)c1CC(C)C. The van der Waals surface area contributed by atoms with Gasteiger partial charge >= 0.3 is 6.09 Å². The second kappa shape index (κ2) is 10.3. The number of primary amides is 1. The Hall–Kier alpha value is -2.84. The summed E-state index contributed by atoms with van der Waals surface area (Å²) in [5.41, 5.74) is 6.23. The maximum Gasteiger partial charge on any atom is 0.404 e. The molecule has 0 saturated heterocycles. The number of carbonyl (C=O) groups excluding carboxylic acids is 3. The van der Waals surface area contributed by atoms with Crippen molar-refractivity contribution in [1.29, 1.82) is 0 Å². The van der Waals surface area contributed by atoms with Crippen LogP contribution >= 0.6 is 0 Å². The van der Waals surface area contributed by atoms with Gasteiger partial charge in [-0.15, -0.1) is 0 Å².